The fourth-order valence-electron chi connectivity index (χ4n) is 3.13. The molecule has 3 rings (SSSR count). The minimum atomic E-state index is -0.728. The number of hydrogen-bond acceptors (Lipinski definition) is 3. The summed E-state index contributed by atoms with van der Waals surface area (Å²) in [5.74, 6) is 0.117. The fourth-order valence-corrected chi connectivity index (χ4v) is 3.13. The summed E-state index contributed by atoms with van der Waals surface area (Å²) >= 11 is 0. The Kier molecular flexibility index (Phi) is 3.01. The summed E-state index contributed by atoms with van der Waals surface area (Å²) in [6, 6.07) is 6.08. The quantitative estimate of drug-likeness (QED) is 0.883. The van der Waals surface area contributed by atoms with Crippen LogP contribution in [0.25, 0.3) is 0 Å². The zero-order valence-electron chi connectivity index (χ0n) is 10.9. The largest absolute Gasteiger partial charge is 0.496 e. The first kappa shape index (κ1) is 12.2. The second-order valence-electron chi connectivity index (χ2n) is 5.28. The summed E-state index contributed by atoms with van der Waals surface area (Å²) in [7, 11) is 1.68. The smallest absolute Gasteiger partial charge is 0.308 e. The van der Waals surface area contributed by atoms with E-state index in [-0.39, 0.29) is 11.8 Å². The minimum absolute atomic E-state index is 0.263. The first-order chi connectivity index (χ1) is 9.19. The number of aliphatic imine (C=N–C) groups is 1. The van der Waals surface area contributed by atoms with E-state index in [4.69, 9.17) is 9.84 Å². The lowest BCUT2D eigenvalue weighted by Gasteiger charge is -2.32. The van der Waals surface area contributed by atoms with Gasteiger partial charge in [-0.1, -0.05) is 12.1 Å². The lowest BCUT2D eigenvalue weighted by Crippen LogP contribution is -2.35. The molecule has 19 heavy (non-hydrogen) atoms. The van der Waals surface area contributed by atoms with Gasteiger partial charge in [0.05, 0.1) is 19.6 Å². The van der Waals surface area contributed by atoms with Gasteiger partial charge in [-0.15, -0.1) is 0 Å². The Hall–Kier alpha value is -1.84. The average Bonchev–Trinajstić information content (AvgIpc) is 2.43. The average molecular weight is 259 g/mol. The van der Waals surface area contributed by atoms with E-state index in [1.54, 1.807) is 7.11 Å². The molecular formula is C15H17NO3. The number of ether oxygens (including phenoxy) is 1. The summed E-state index contributed by atoms with van der Waals surface area (Å²) in [4.78, 5) is 15.6. The molecule has 0 bridgehead atoms. The van der Waals surface area contributed by atoms with Crippen LogP contribution in [0.3, 0.4) is 0 Å². The van der Waals surface area contributed by atoms with Crippen LogP contribution in [-0.2, 0) is 17.6 Å². The molecule has 1 aliphatic carbocycles. The number of carbonyl (C=O) groups is 1. The standard InChI is InChI=1S/C15H17NO3/c1-19-14-4-2-3-9-7-13-10(6-12(9)14)5-11(8-16-13)15(17)18/h2-4,10-11H,5-8H2,1H3,(H,17,18). The highest BCUT2D eigenvalue weighted by Crippen LogP contribution is 2.35. The van der Waals surface area contributed by atoms with Gasteiger partial charge in [0.15, 0.2) is 0 Å². The van der Waals surface area contributed by atoms with Gasteiger partial charge in [-0.2, -0.15) is 0 Å². The van der Waals surface area contributed by atoms with Gasteiger partial charge in [-0.05, 0) is 30.0 Å². The normalized spacial score (nSPS) is 25.0. The van der Waals surface area contributed by atoms with Crippen LogP contribution in [0.15, 0.2) is 23.2 Å². The molecule has 1 aromatic carbocycles. The van der Waals surface area contributed by atoms with Gasteiger partial charge < -0.3 is 9.84 Å². The van der Waals surface area contributed by atoms with Crippen LogP contribution in [0.1, 0.15) is 17.5 Å². The molecule has 0 spiro atoms. The van der Waals surface area contributed by atoms with Crippen molar-refractivity contribution in [2.45, 2.75) is 19.3 Å². The number of fused-ring (bicyclic) bond motifs is 2. The van der Waals surface area contributed by atoms with Crippen molar-refractivity contribution < 1.29 is 14.6 Å². The van der Waals surface area contributed by atoms with Gasteiger partial charge >= 0.3 is 5.97 Å². The third-order valence-corrected chi connectivity index (χ3v) is 4.18. The van der Waals surface area contributed by atoms with Crippen molar-refractivity contribution in [3.8, 4) is 5.75 Å². The van der Waals surface area contributed by atoms with E-state index in [0.717, 1.165) is 18.6 Å². The number of benzene rings is 1. The number of carboxylic acids is 1. The Balaban J connectivity index is 1.92. The zero-order valence-corrected chi connectivity index (χ0v) is 10.9. The number of methoxy groups -OCH3 is 1. The van der Waals surface area contributed by atoms with E-state index >= 15 is 0 Å². The third-order valence-electron chi connectivity index (χ3n) is 4.18. The maximum atomic E-state index is 11.1. The zero-order chi connectivity index (χ0) is 13.4. The molecule has 1 heterocycles. The van der Waals surface area contributed by atoms with Crippen LogP contribution in [0.2, 0.25) is 0 Å². The van der Waals surface area contributed by atoms with Crippen molar-refractivity contribution in [2.24, 2.45) is 16.8 Å². The van der Waals surface area contributed by atoms with E-state index in [0.29, 0.717) is 13.0 Å². The number of rotatable bonds is 2. The lowest BCUT2D eigenvalue weighted by atomic mass is 9.76. The second kappa shape index (κ2) is 4.68. The fraction of sp³-hybridized carbons (Fsp3) is 0.467. The summed E-state index contributed by atoms with van der Waals surface area (Å²) in [6.07, 6.45) is 2.39. The summed E-state index contributed by atoms with van der Waals surface area (Å²) in [5, 5.41) is 9.13. The van der Waals surface area contributed by atoms with Gasteiger partial charge in [0.25, 0.3) is 0 Å². The van der Waals surface area contributed by atoms with Crippen LogP contribution in [0, 0.1) is 11.8 Å². The first-order valence-corrected chi connectivity index (χ1v) is 6.59. The highest BCUT2D eigenvalue weighted by atomic mass is 16.5. The molecule has 100 valence electrons. The molecule has 0 aromatic heterocycles. The molecule has 0 fully saturated rings. The van der Waals surface area contributed by atoms with Crippen LogP contribution < -0.4 is 4.74 Å². The SMILES string of the molecule is COc1cccc2c1CC1CC(C(=O)O)CN=C1C2. The topological polar surface area (TPSA) is 58.9 Å². The Morgan fingerprint density at radius 1 is 1.47 bits per heavy atom. The van der Waals surface area contributed by atoms with Crippen LogP contribution in [0.4, 0.5) is 0 Å². The van der Waals surface area contributed by atoms with Gasteiger partial charge in [0, 0.05) is 18.1 Å². The van der Waals surface area contributed by atoms with Crippen molar-refractivity contribution in [3.05, 3.63) is 29.3 Å². The Morgan fingerprint density at radius 2 is 2.32 bits per heavy atom. The molecule has 0 saturated carbocycles. The summed E-state index contributed by atoms with van der Waals surface area (Å²) in [6.45, 7) is 0.431. The van der Waals surface area contributed by atoms with E-state index in [1.807, 2.05) is 12.1 Å². The number of carboxylic acid groups (broad SMARTS) is 1. The minimum Gasteiger partial charge on any atom is -0.496 e. The summed E-state index contributed by atoms with van der Waals surface area (Å²) < 4.78 is 5.41. The monoisotopic (exact) mass is 259 g/mol. The van der Waals surface area contributed by atoms with Gasteiger partial charge in [-0.3, -0.25) is 9.79 Å². The van der Waals surface area contributed by atoms with Gasteiger partial charge in [0.1, 0.15) is 5.75 Å². The van der Waals surface area contributed by atoms with E-state index in [1.165, 1.54) is 16.8 Å². The lowest BCUT2D eigenvalue weighted by molar-refractivity contribution is -0.141. The predicted molar refractivity (Wildman–Crippen MR) is 71.9 cm³/mol. The molecule has 0 amide bonds. The van der Waals surface area contributed by atoms with Gasteiger partial charge in [-0.25, -0.2) is 0 Å². The Bertz CT molecular complexity index is 550. The second-order valence-corrected chi connectivity index (χ2v) is 5.28. The Labute approximate surface area is 112 Å². The number of hydrogen-bond donors (Lipinski definition) is 1. The highest BCUT2D eigenvalue weighted by Gasteiger charge is 2.34. The maximum absolute atomic E-state index is 11.1. The first-order valence-electron chi connectivity index (χ1n) is 6.59. The van der Waals surface area contributed by atoms with Crippen molar-refractivity contribution in [1.82, 2.24) is 0 Å². The molecule has 1 aromatic rings. The molecular weight excluding hydrogens is 242 g/mol. The van der Waals surface area contributed by atoms with Crippen molar-refractivity contribution >= 4 is 11.7 Å². The molecule has 0 radical (unpaired) electrons. The third kappa shape index (κ3) is 2.11. The van der Waals surface area contributed by atoms with Crippen LogP contribution >= 0.6 is 0 Å². The molecule has 1 N–H and O–H groups in total. The van der Waals surface area contributed by atoms with Crippen LogP contribution in [-0.4, -0.2) is 30.4 Å². The Morgan fingerprint density at radius 3 is 3.05 bits per heavy atom. The van der Waals surface area contributed by atoms with E-state index in [2.05, 4.69) is 11.1 Å². The van der Waals surface area contributed by atoms with Crippen molar-refractivity contribution in [3.63, 3.8) is 0 Å². The number of nitrogens with zero attached hydrogens (tertiary/aromatic N) is 1. The molecule has 4 heteroatoms. The molecule has 4 nitrogen and oxygen atoms in total. The predicted octanol–water partition coefficient (Wildman–Crippen LogP) is 1.96. The molecule has 0 saturated heterocycles. The molecule has 2 unspecified atom stereocenters. The van der Waals surface area contributed by atoms with Crippen LogP contribution in [0.5, 0.6) is 5.75 Å². The molecule has 2 atom stereocenters. The maximum Gasteiger partial charge on any atom is 0.308 e. The molecule has 2 aliphatic rings. The number of aliphatic carboxylic acids is 1. The van der Waals surface area contributed by atoms with Gasteiger partial charge in [0.2, 0.25) is 0 Å². The molecule has 1 aliphatic heterocycles. The van der Waals surface area contributed by atoms with Crippen molar-refractivity contribution in [2.75, 3.05) is 13.7 Å². The highest BCUT2D eigenvalue weighted by molar-refractivity contribution is 5.92. The van der Waals surface area contributed by atoms with E-state index < -0.39 is 5.97 Å². The van der Waals surface area contributed by atoms with E-state index in [9.17, 15) is 4.79 Å². The van der Waals surface area contributed by atoms with Crippen molar-refractivity contribution in [1.29, 1.82) is 0 Å². The summed E-state index contributed by atoms with van der Waals surface area (Å²) in [5.41, 5.74) is 3.65.